The summed E-state index contributed by atoms with van der Waals surface area (Å²) in [6.07, 6.45) is 2.97. The monoisotopic (exact) mass is 1280 g/mol. The van der Waals surface area contributed by atoms with Crippen molar-refractivity contribution in [1.29, 1.82) is 0 Å². The SMILES string of the molecule is C=CC(=O)Nc1cccc(NCC#Cc2cc(O)c3nc(C)sc3c2)c1.Cc1nc2c(O)cc(C#CCNc3ccc(N)cc3)cc2s1.Cc1nc2c(O)cc(C#CCNc3cccc(N)c3)cc2s1.Cc1nc2c(O)cc(C#CCNc3nccs3)cc2s1. The van der Waals surface area contributed by atoms with Gasteiger partial charge in [0.15, 0.2) is 5.13 Å². The molecule has 17 nitrogen and oxygen atoms in total. The van der Waals surface area contributed by atoms with Gasteiger partial charge in [0.2, 0.25) is 5.91 Å². The number of nitrogens with two attached hydrogens (primary N) is 2. The Morgan fingerprint density at radius 1 is 0.478 bits per heavy atom. The van der Waals surface area contributed by atoms with Crippen molar-refractivity contribution >= 4 is 143 Å². The van der Waals surface area contributed by atoms with Crippen LogP contribution in [0.5, 0.6) is 23.0 Å². The van der Waals surface area contributed by atoms with Crippen molar-refractivity contribution in [3.05, 3.63) is 188 Å². The molecule has 0 unspecified atom stereocenters. The van der Waals surface area contributed by atoms with Crippen LogP contribution in [0.3, 0.4) is 0 Å². The van der Waals surface area contributed by atoms with Gasteiger partial charge >= 0.3 is 0 Å². The summed E-state index contributed by atoms with van der Waals surface area (Å²) in [4.78, 5) is 32.6. The summed E-state index contributed by atoms with van der Waals surface area (Å²) in [7, 11) is 0. The Hall–Kier alpha value is -10.8. The largest absolute Gasteiger partial charge is 0.506 e. The Kier molecular flexibility index (Phi) is 21.7. The molecular weight excluding hydrogens is 1230 g/mol. The van der Waals surface area contributed by atoms with Crippen LogP contribution in [-0.4, -0.2) is 77.4 Å². The molecule has 450 valence electrons. The fourth-order valence-corrected chi connectivity index (χ4v) is 12.5. The van der Waals surface area contributed by atoms with Gasteiger partial charge in [-0.3, -0.25) is 4.79 Å². The van der Waals surface area contributed by atoms with Crippen molar-refractivity contribution in [2.75, 3.05) is 64.2 Å². The van der Waals surface area contributed by atoms with Gasteiger partial charge in [0.1, 0.15) is 45.1 Å². The first-order chi connectivity index (χ1) is 43.5. The van der Waals surface area contributed by atoms with Gasteiger partial charge in [-0.2, -0.15) is 0 Å². The normalized spacial score (nSPS) is 10.2. The minimum absolute atomic E-state index is 0.148. The van der Waals surface area contributed by atoms with E-state index < -0.39 is 0 Å². The fraction of sp³-hybridized carbons (Fsp3) is 0.118. The minimum atomic E-state index is -0.254. The Labute approximate surface area is 539 Å². The van der Waals surface area contributed by atoms with Gasteiger partial charge in [-0.05, 0) is 143 Å². The van der Waals surface area contributed by atoms with Gasteiger partial charge in [0.25, 0.3) is 0 Å². The highest BCUT2D eigenvalue weighted by Gasteiger charge is 2.11. The second-order valence-electron chi connectivity index (χ2n) is 19.3. The molecule has 90 heavy (non-hydrogen) atoms. The van der Waals surface area contributed by atoms with Crippen molar-refractivity contribution in [3.8, 4) is 70.4 Å². The van der Waals surface area contributed by atoms with E-state index in [-0.39, 0.29) is 28.9 Å². The fourth-order valence-electron chi connectivity index (χ4n) is 8.38. The van der Waals surface area contributed by atoms with Crippen LogP contribution in [0.2, 0.25) is 0 Å². The van der Waals surface area contributed by atoms with E-state index in [1.54, 1.807) is 70.5 Å². The number of carbonyl (C=O) groups excluding carboxylic acids is 1. The van der Waals surface area contributed by atoms with Crippen LogP contribution in [0, 0.1) is 75.1 Å². The van der Waals surface area contributed by atoms with E-state index in [0.717, 1.165) is 89.0 Å². The maximum Gasteiger partial charge on any atom is 0.247 e. The molecule has 0 radical (unpaired) electrons. The lowest BCUT2D eigenvalue weighted by Crippen LogP contribution is -2.07. The number of benzene rings is 7. The number of hydrogen-bond donors (Lipinski definition) is 11. The van der Waals surface area contributed by atoms with Gasteiger partial charge in [0.05, 0.1) is 65.0 Å². The zero-order valence-corrected chi connectivity index (χ0v) is 53.0. The number of thiazole rings is 5. The van der Waals surface area contributed by atoms with E-state index in [1.165, 1.54) is 28.7 Å². The van der Waals surface area contributed by atoms with Crippen LogP contribution in [0.4, 0.5) is 39.3 Å². The van der Waals surface area contributed by atoms with E-state index in [9.17, 15) is 25.2 Å². The number of amides is 1. The standard InChI is InChI=1S/C20H17N3O2S.2C17H15N3OS.C14H11N3OS2/c1-3-19(25)23-16-8-4-7-15(12-16)21-9-5-6-14-10-17(24)20-18(11-14)26-13(2)22-20;1-11-20-17-15(21)8-12(9-16(17)22-11)4-3-7-19-14-6-2-5-13(18)10-14;1-11-20-17-15(21)9-12(10-16(17)22-11)3-2-8-19-14-6-4-13(18)5-7-14;1-9-17-13-11(18)7-10(8-12(13)20-9)3-2-4-15-14-16-5-6-19-14/h3-4,7-8,10-12,21,24H,1,9H2,2H3,(H,23,25);2,5-6,8-10,19,21H,7,18H2,1H3;4-7,9-10,19,21H,8,18H2,1H3;5-8,18H,4H2,1H3,(H,15,16). The molecule has 1 amide bonds. The lowest BCUT2D eigenvalue weighted by atomic mass is 10.2. The van der Waals surface area contributed by atoms with Crippen molar-refractivity contribution in [3.63, 3.8) is 0 Å². The summed E-state index contributed by atoms with van der Waals surface area (Å²) in [6.45, 7) is 13.1. The average Bonchev–Trinajstić information content (AvgIpc) is 1.77. The van der Waals surface area contributed by atoms with Crippen LogP contribution in [-0.2, 0) is 4.79 Å². The smallest absolute Gasteiger partial charge is 0.247 e. The second-order valence-corrected chi connectivity index (χ2v) is 25.1. The highest BCUT2D eigenvalue weighted by molar-refractivity contribution is 7.19. The van der Waals surface area contributed by atoms with Crippen molar-refractivity contribution < 1.29 is 25.2 Å². The number of hydrogen-bond acceptors (Lipinski definition) is 21. The molecule has 0 aliphatic rings. The van der Waals surface area contributed by atoms with Crippen LogP contribution < -0.4 is 38.1 Å². The maximum absolute atomic E-state index is 11.3. The Morgan fingerprint density at radius 3 is 1.24 bits per heavy atom. The number of aryl methyl sites for hydroxylation is 4. The first kappa shape index (κ1) is 63.7. The van der Waals surface area contributed by atoms with E-state index in [4.69, 9.17) is 11.5 Å². The molecule has 12 aromatic rings. The lowest BCUT2D eigenvalue weighted by molar-refractivity contribution is -0.111. The summed E-state index contributed by atoms with van der Waals surface area (Å²) >= 11 is 7.72. The molecule has 5 aromatic heterocycles. The van der Waals surface area contributed by atoms with Crippen molar-refractivity contribution in [2.24, 2.45) is 0 Å². The second kappa shape index (κ2) is 30.7. The Balaban J connectivity index is 0.000000143. The number of rotatable bonds is 10. The summed E-state index contributed by atoms with van der Waals surface area (Å²) in [5.41, 5.74) is 21.9. The first-order valence-electron chi connectivity index (χ1n) is 27.5. The molecule has 0 atom stereocenters. The third kappa shape index (κ3) is 18.4. The number of carbonyl (C=O) groups is 1. The predicted octanol–water partition coefficient (Wildman–Crippen LogP) is 13.8. The highest BCUT2D eigenvalue weighted by atomic mass is 32.1. The highest BCUT2D eigenvalue weighted by Crippen LogP contribution is 2.34. The molecule has 0 bridgehead atoms. The number of aromatic nitrogens is 5. The van der Waals surface area contributed by atoms with Crippen LogP contribution >= 0.6 is 56.7 Å². The molecule has 13 N–H and O–H groups in total. The zero-order chi connectivity index (χ0) is 63.5. The summed E-state index contributed by atoms with van der Waals surface area (Å²) < 4.78 is 3.78. The number of anilines is 7. The maximum atomic E-state index is 11.3. The quantitative estimate of drug-likeness (QED) is 0.0345. The predicted molar refractivity (Wildman–Crippen MR) is 375 cm³/mol. The number of fused-ring (bicyclic) bond motifs is 4. The third-order valence-corrected chi connectivity index (χ3v) is 16.7. The van der Waals surface area contributed by atoms with Gasteiger partial charge < -0.3 is 58.5 Å². The summed E-state index contributed by atoms with van der Waals surface area (Å²) in [5, 5.41) is 61.8. The summed E-state index contributed by atoms with van der Waals surface area (Å²) in [6, 6.07) is 36.8. The van der Waals surface area contributed by atoms with Crippen LogP contribution in [0.15, 0.2) is 146 Å². The first-order valence-corrected chi connectivity index (χ1v) is 31.6. The number of nitrogens with zero attached hydrogens (tertiary/aromatic N) is 5. The molecule has 0 fully saturated rings. The number of nitrogen functional groups attached to an aromatic ring is 2. The Bertz CT molecular complexity index is 4820. The Morgan fingerprint density at radius 2 is 0.856 bits per heavy atom. The number of nitrogens with one attached hydrogen (secondary N) is 5. The minimum Gasteiger partial charge on any atom is -0.506 e. The number of phenolic OH excluding ortho intramolecular Hbond substituents is 4. The number of aromatic hydroxyl groups is 4. The molecular formula is C68H58N12O5S5. The molecule has 7 aromatic carbocycles. The van der Waals surface area contributed by atoms with Crippen LogP contribution in [0.1, 0.15) is 42.3 Å². The molecule has 0 saturated carbocycles. The molecule has 22 heteroatoms. The third-order valence-electron chi connectivity index (χ3n) is 12.3. The van der Waals surface area contributed by atoms with Crippen molar-refractivity contribution in [2.45, 2.75) is 27.7 Å². The van der Waals surface area contributed by atoms with Gasteiger partial charge in [-0.25, -0.2) is 24.9 Å². The molecule has 0 saturated heterocycles. The van der Waals surface area contributed by atoms with Crippen molar-refractivity contribution in [1.82, 2.24) is 24.9 Å². The topological polar surface area (TPSA) is 275 Å². The molecule has 5 heterocycles. The molecule has 0 aliphatic heterocycles. The van der Waals surface area contributed by atoms with E-state index in [2.05, 4.69) is 105 Å². The van der Waals surface area contributed by atoms with E-state index in [1.807, 2.05) is 124 Å². The molecule has 0 aliphatic carbocycles. The van der Waals surface area contributed by atoms with Crippen LogP contribution in [0.25, 0.3) is 40.9 Å². The summed E-state index contributed by atoms with van der Waals surface area (Å²) in [5.74, 6) is 24.7. The molecule has 12 rings (SSSR count). The average molecular weight is 1280 g/mol. The van der Waals surface area contributed by atoms with E-state index in [0.29, 0.717) is 59.6 Å². The zero-order valence-electron chi connectivity index (χ0n) is 48.9. The van der Waals surface area contributed by atoms with E-state index >= 15 is 0 Å². The van der Waals surface area contributed by atoms with Gasteiger partial charge in [-0.1, -0.05) is 66.1 Å². The van der Waals surface area contributed by atoms with Gasteiger partial charge in [-0.15, -0.1) is 56.7 Å². The molecule has 0 spiro atoms. The number of phenols is 4. The van der Waals surface area contributed by atoms with Gasteiger partial charge in [0, 0.05) is 68.0 Å². The lowest BCUT2D eigenvalue weighted by Gasteiger charge is -2.06.